The number of aliphatic carboxylic acids is 1. The van der Waals surface area contributed by atoms with Crippen LogP contribution < -0.4 is 38.1 Å². The van der Waals surface area contributed by atoms with E-state index >= 15 is 0 Å². The number of ether oxygens (including phenoxy) is 2. The molecule has 4 saturated heterocycles. The minimum atomic E-state index is -2.67. The first kappa shape index (κ1) is 73.8. The molecule has 0 bridgehead atoms. The van der Waals surface area contributed by atoms with Gasteiger partial charge in [-0.2, -0.15) is 0 Å². The van der Waals surface area contributed by atoms with Crippen molar-refractivity contribution in [3.63, 3.8) is 0 Å². The second kappa shape index (κ2) is 36.2. The molecule has 4 aliphatic rings. The molecule has 8 amide bonds. The van der Waals surface area contributed by atoms with Gasteiger partial charge in [0, 0.05) is 26.2 Å². The van der Waals surface area contributed by atoms with Gasteiger partial charge in [0.2, 0.25) is 47.3 Å². The number of carboxylic acid groups (broad SMARTS) is 1. The summed E-state index contributed by atoms with van der Waals surface area (Å²) < 4.78 is 11.7. The van der Waals surface area contributed by atoms with Gasteiger partial charge in [-0.15, -0.1) is 0 Å². The number of hydrogen-bond acceptors (Lipinski definition) is 18. The highest BCUT2D eigenvalue weighted by atomic mass is 16.6. The van der Waals surface area contributed by atoms with E-state index < -0.39 is 157 Å². The molecule has 0 spiro atoms. The minimum absolute atomic E-state index is 0.000555. The zero-order valence-electron chi connectivity index (χ0n) is 53.1. The maximum atomic E-state index is 14.8. The van der Waals surface area contributed by atoms with E-state index in [1.54, 1.807) is 60.7 Å². The molecule has 29 nitrogen and oxygen atoms in total. The van der Waals surface area contributed by atoms with Gasteiger partial charge in [-0.3, -0.25) is 43.3 Å². The number of aliphatic imine (C=N–C) groups is 1. The molecule has 0 saturated carbocycles. The second-order valence-electron chi connectivity index (χ2n) is 24.7. The Morgan fingerprint density at radius 2 is 1.11 bits per heavy atom. The Balaban J connectivity index is 1.38. The molecule has 0 unspecified atom stereocenters. The van der Waals surface area contributed by atoms with Crippen LogP contribution >= 0.6 is 0 Å². The number of aliphatic hydroxyl groups is 4. The molecule has 29 heteroatoms. The normalized spacial score (nSPS) is 25.2. The second-order valence-corrected chi connectivity index (χ2v) is 24.7. The Bertz CT molecular complexity index is 2880. The highest BCUT2D eigenvalue weighted by Crippen LogP contribution is 2.29. The maximum Gasteiger partial charge on any atom is 0.338 e. The van der Waals surface area contributed by atoms with Crippen molar-refractivity contribution >= 4 is 71.1 Å². The molecule has 4 heterocycles. The fourth-order valence-electron chi connectivity index (χ4n) is 12.1. The number of carboxylic acids is 1. The topological polar surface area (TPSA) is 442 Å². The lowest BCUT2D eigenvalue weighted by Gasteiger charge is -2.34. The fourth-order valence-corrected chi connectivity index (χ4v) is 12.1. The predicted molar refractivity (Wildman–Crippen MR) is 334 cm³/mol. The minimum Gasteiger partial charge on any atom is -0.479 e. The van der Waals surface area contributed by atoms with Gasteiger partial charge in [0.25, 0.3) is 0 Å². The van der Waals surface area contributed by atoms with E-state index in [9.17, 15) is 78.3 Å². The molecule has 0 aliphatic carbocycles. The van der Waals surface area contributed by atoms with Crippen LogP contribution in [0.15, 0.2) is 65.7 Å². The number of rotatable bonds is 23. The lowest BCUT2D eigenvalue weighted by molar-refractivity contribution is -0.165. The van der Waals surface area contributed by atoms with Crippen molar-refractivity contribution in [1.29, 1.82) is 0 Å². The van der Waals surface area contributed by atoms with Crippen LogP contribution in [0.25, 0.3) is 0 Å². The first-order chi connectivity index (χ1) is 44.4. The van der Waals surface area contributed by atoms with E-state index in [1.807, 2.05) is 0 Å². The Kier molecular flexibility index (Phi) is 28.7. The zero-order valence-corrected chi connectivity index (χ0v) is 53.1. The van der Waals surface area contributed by atoms with Crippen molar-refractivity contribution < 1.29 is 87.7 Å². The van der Waals surface area contributed by atoms with Gasteiger partial charge in [-0.1, -0.05) is 119 Å². The molecule has 2 aromatic carbocycles. The van der Waals surface area contributed by atoms with E-state index in [0.717, 1.165) is 43.4 Å². The highest BCUT2D eigenvalue weighted by Gasteiger charge is 2.47. The number of cyclic esters (lactones) is 1. The maximum absolute atomic E-state index is 14.8. The van der Waals surface area contributed by atoms with Crippen LogP contribution in [0.2, 0.25) is 0 Å². The molecule has 512 valence electrons. The number of amides is 8. The van der Waals surface area contributed by atoms with E-state index in [4.69, 9.17) is 20.9 Å². The van der Waals surface area contributed by atoms with Crippen molar-refractivity contribution in [2.24, 2.45) is 22.4 Å². The summed E-state index contributed by atoms with van der Waals surface area (Å²) in [7, 11) is 0. The van der Waals surface area contributed by atoms with E-state index in [1.165, 1.54) is 16.7 Å². The number of nitrogens with one attached hydrogen (secondary N) is 5. The third-order valence-corrected chi connectivity index (χ3v) is 17.1. The lowest BCUT2D eigenvalue weighted by Crippen LogP contribution is -2.63. The number of guanidine groups is 1. The summed E-state index contributed by atoms with van der Waals surface area (Å²) in [4.78, 5) is 165. The average molecular weight is 1300 g/mol. The van der Waals surface area contributed by atoms with Gasteiger partial charge in [0.05, 0.1) is 19.1 Å². The molecule has 0 radical (unpaired) electrons. The van der Waals surface area contributed by atoms with Gasteiger partial charge in [-0.05, 0) is 88.2 Å². The zero-order chi connectivity index (χ0) is 67.9. The summed E-state index contributed by atoms with van der Waals surface area (Å²) >= 11 is 0. The van der Waals surface area contributed by atoms with E-state index in [2.05, 4.69) is 45.4 Å². The molecular weight excluding hydrogens is 1210 g/mol. The number of nitrogens with two attached hydrogens (primary N) is 2. The Morgan fingerprint density at radius 3 is 1.66 bits per heavy atom. The van der Waals surface area contributed by atoms with Crippen LogP contribution in [0.3, 0.4) is 0 Å². The number of carbonyl (C=O) groups is 11. The number of fused-ring (bicyclic) bond motifs is 3. The van der Waals surface area contributed by atoms with Crippen molar-refractivity contribution in [2.75, 3.05) is 32.8 Å². The van der Waals surface area contributed by atoms with Gasteiger partial charge in [0.15, 0.2) is 30.3 Å². The quantitative estimate of drug-likeness (QED) is 0.0287. The summed E-state index contributed by atoms with van der Waals surface area (Å²) in [6.45, 7) is 4.04. The van der Waals surface area contributed by atoms with Gasteiger partial charge >= 0.3 is 17.9 Å². The van der Waals surface area contributed by atoms with Crippen LogP contribution in [-0.2, 0) is 62.2 Å². The summed E-state index contributed by atoms with van der Waals surface area (Å²) in [5.41, 5.74) is 12.0. The standard InChI is InChI=1S/C64H93N11O18/c1-37(2)21-11-7-5-4-6-8-16-26-41-35-47(78)70-48(38(3)77)60(87)75-34-20-30-46(75)59(86)74-33-19-28-44(74)55(82)68-42(27-17-31-67-64(65)66)54(81)71-49(52(80)63(91)93-53(39-22-12-9-13-23-39)40-24-14-10-15-25-40)57(84)69-43(36-76)58(85)73-32-18-29-45(73)56(83)72-50(62(90)92-41)51(79)61(88)89/h9-10,12-15,22-25,37-38,41-46,48-53,76-77,79-80H,4-8,11,16-21,26-36H2,1-3H3,(H,68,82)(H,69,84)(H,70,78)(H,71,81)(H,72,83)(H,88,89)(H4,65,66,67)/t38-,41+,42+,43+,44+,45+,46+,48+,49+,50+,51+,52+/m1/s1. The molecule has 4 fully saturated rings. The monoisotopic (exact) mass is 1300 g/mol. The average Bonchev–Trinajstić information content (AvgIpc) is 1.75. The van der Waals surface area contributed by atoms with E-state index in [-0.39, 0.29) is 83.5 Å². The Morgan fingerprint density at radius 1 is 0.591 bits per heavy atom. The SMILES string of the molecule is CC(C)CCCCCCCCC[C@H]1CC(=O)N[C@@H]([C@@H](C)O)C(=O)N2CCC[C@H]2C(=O)N2CCC[C@H]2C(=O)N[C@@H](CCCN=C(N)N)C(=O)N[C@@H]([C@H](O)C(=O)OC(c2ccccc2)c2ccccc2)C(=O)N[C@@H](CO)C(=O)N2CCC[C@H]2C(=O)N[C@@H]([C@H](O)C(=O)O)C(=O)O1. The van der Waals surface area contributed by atoms with E-state index in [0.29, 0.717) is 36.3 Å². The number of hydrogen-bond donors (Lipinski definition) is 12. The van der Waals surface area contributed by atoms with Crippen molar-refractivity contribution in [3.8, 4) is 0 Å². The largest absolute Gasteiger partial charge is 0.479 e. The van der Waals surface area contributed by atoms with Crippen LogP contribution in [0.1, 0.15) is 154 Å². The van der Waals surface area contributed by atoms with Crippen molar-refractivity contribution in [1.82, 2.24) is 41.3 Å². The van der Waals surface area contributed by atoms with Crippen LogP contribution in [0.5, 0.6) is 0 Å². The third kappa shape index (κ3) is 21.1. The van der Waals surface area contributed by atoms with Crippen LogP contribution in [-0.4, -0.2) is 217 Å². The van der Waals surface area contributed by atoms with Crippen LogP contribution in [0.4, 0.5) is 0 Å². The lowest BCUT2D eigenvalue weighted by atomic mass is 10.0. The number of benzene rings is 2. The number of carbonyl (C=O) groups excluding carboxylic acids is 10. The first-order valence-corrected chi connectivity index (χ1v) is 32.3. The third-order valence-electron chi connectivity index (χ3n) is 17.1. The van der Waals surface area contributed by atoms with Crippen molar-refractivity contribution in [2.45, 2.75) is 215 Å². The highest BCUT2D eigenvalue weighted by molar-refractivity contribution is 6.00. The van der Waals surface area contributed by atoms with Crippen LogP contribution in [0, 0.1) is 5.92 Å². The molecule has 0 aromatic heterocycles. The molecule has 93 heavy (non-hydrogen) atoms. The molecule has 14 N–H and O–H groups in total. The number of nitrogens with zero attached hydrogens (tertiary/aromatic N) is 4. The molecule has 4 aliphatic heterocycles. The Labute approximate surface area is 540 Å². The van der Waals surface area contributed by atoms with Crippen molar-refractivity contribution in [3.05, 3.63) is 71.8 Å². The molecule has 6 rings (SSSR count). The van der Waals surface area contributed by atoms with Gasteiger partial charge < -0.3 is 87.8 Å². The smallest absolute Gasteiger partial charge is 0.338 e. The summed E-state index contributed by atoms with van der Waals surface area (Å²) in [5.74, 6) is -13.0. The van der Waals surface area contributed by atoms with Gasteiger partial charge in [0.1, 0.15) is 48.4 Å². The molecule has 12 atom stereocenters. The predicted octanol–water partition coefficient (Wildman–Crippen LogP) is -0.568. The van der Waals surface area contributed by atoms with Gasteiger partial charge in [-0.25, -0.2) is 14.4 Å². The Hall–Kier alpha value is -8.28. The first-order valence-electron chi connectivity index (χ1n) is 32.3. The molecule has 2 aromatic rings. The summed E-state index contributed by atoms with van der Waals surface area (Å²) in [5, 5.41) is 66.9. The molecular formula is C64H93N11O18. The summed E-state index contributed by atoms with van der Waals surface area (Å²) in [6, 6.07) is 2.47. The fraction of sp³-hybridized carbons (Fsp3) is 0.625. The summed E-state index contributed by atoms with van der Waals surface area (Å²) in [6.07, 6.45) is -2.83. The number of aliphatic hydroxyl groups excluding tert-OH is 4. The number of esters is 2. The number of unbranched alkanes of at least 4 members (excludes halogenated alkanes) is 6.